The molecule has 0 aliphatic carbocycles. The van der Waals surface area contributed by atoms with Gasteiger partial charge in [-0.05, 0) is 113 Å². The Morgan fingerprint density at radius 1 is 0.635 bits per heavy atom. The predicted octanol–water partition coefficient (Wildman–Crippen LogP) is 11.2. The Balaban J connectivity index is 1.31. The van der Waals surface area contributed by atoms with E-state index >= 15 is 0 Å². The Labute approximate surface area is 321 Å². The zero-order valence-electron chi connectivity index (χ0n) is 30.3. The van der Waals surface area contributed by atoms with Gasteiger partial charge in [0.15, 0.2) is 0 Å². The number of fused-ring (bicyclic) bond motifs is 4. The first kappa shape index (κ1) is 34.1. The first-order chi connectivity index (χ1) is 24.9. The first-order valence-electron chi connectivity index (χ1n) is 17.7. The monoisotopic (exact) mass is 802 g/mol. The quantitative estimate of drug-likeness (QED) is 0.144. The molecule has 0 N–H and O–H groups in total. The van der Waals surface area contributed by atoms with E-state index in [-0.39, 0.29) is 5.41 Å². The second-order valence-corrected chi connectivity index (χ2v) is 21.5. The molecule has 3 aromatic rings. The van der Waals surface area contributed by atoms with Crippen LogP contribution in [0.1, 0.15) is 48.1 Å². The number of hydrogen-bond donors (Lipinski definition) is 0. The van der Waals surface area contributed by atoms with Crippen molar-refractivity contribution in [3.05, 3.63) is 170 Å². The summed E-state index contributed by atoms with van der Waals surface area (Å²) in [7, 11) is -1.47. The van der Waals surface area contributed by atoms with Crippen LogP contribution in [0, 0.1) is 27.4 Å². The van der Waals surface area contributed by atoms with E-state index in [1.807, 2.05) is 0 Å². The molecule has 5 aliphatic heterocycles. The smallest absolute Gasteiger partial charge is 0.129 e. The average Bonchev–Trinajstić information content (AvgIpc) is 3.88. The van der Waals surface area contributed by atoms with Crippen molar-refractivity contribution in [3.8, 4) is 11.5 Å². The van der Waals surface area contributed by atoms with E-state index in [9.17, 15) is 0 Å². The third-order valence-corrected chi connectivity index (χ3v) is 11.1. The molecule has 0 atom stereocenters. The van der Waals surface area contributed by atoms with Gasteiger partial charge in [-0.15, -0.1) is 5.54 Å². The zero-order valence-corrected chi connectivity index (χ0v) is 33.5. The number of aliphatic imine (C=N–C) groups is 4. The predicted molar refractivity (Wildman–Crippen MR) is 231 cm³/mol. The van der Waals surface area contributed by atoms with Crippen molar-refractivity contribution in [2.75, 3.05) is 0 Å². The molecule has 3 aromatic carbocycles. The van der Waals surface area contributed by atoms with Gasteiger partial charge in [0, 0.05) is 49.1 Å². The Bertz CT molecular complexity index is 2450. The normalized spacial score (nSPS) is 18.7. The summed E-state index contributed by atoms with van der Waals surface area (Å²) in [5.41, 5.74) is 19.3. The number of nitrogens with zero attached hydrogens (tertiary/aromatic N) is 4. The van der Waals surface area contributed by atoms with Crippen LogP contribution in [-0.4, -0.2) is 30.9 Å². The highest BCUT2D eigenvalue weighted by Gasteiger charge is 2.33. The number of hydrogen-bond acceptors (Lipinski definition) is 4. The van der Waals surface area contributed by atoms with Gasteiger partial charge in [0.25, 0.3) is 0 Å². The van der Waals surface area contributed by atoms with Crippen LogP contribution >= 0.6 is 22.6 Å². The molecular weight excluding hydrogens is 764 g/mol. The summed E-state index contributed by atoms with van der Waals surface area (Å²) in [6.07, 6.45) is 15.8. The van der Waals surface area contributed by atoms with Crippen LogP contribution in [0.3, 0.4) is 0 Å². The van der Waals surface area contributed by atoms with E-state index in [1.165, 1.54) is 9.13 Å². The molecule has 0 radical (unpaired) electrons. The molecule has 0 unspecified atom stereocenters. The lowest BCUT2D eigenvalue weighted by atomic mass is 9.85. The molecule has 5 heterocycles. The molecular formula is C46H39IN4Si. The topological polar surface area (TPSA) is 49.4 Å². The van der Waals surface area contributed by atoms with Crippen LogP contribution < -0.4 is 0 Å². The molecule has 4 nitrogen and oxygen atoms in total. The lowest BCUT2D eigenvalue weighted by Crippen LogP contribution is -2.16. The summed E-state index contributed by atoms with van der Waals surface area (Å²) in [6, 6.07) is 25.9. The first-order valence-corrected chi connectivity index (χ1v) is 22.3. The van der Waals surface area contributed by atoms with Gasteiger partial charge < -0.3 is 0 Å². The third-order valence-electron chi connectivity index (χ3n) is 9.52. The minimum Gasteiger partial charge on any atom is -0.257 e. The molecule has 8 bridgehead atoms. The second kappa shape index (κ2) is 13.2. The van der Waals surface area contributed by atoms with Crippen molar-refractivity contribution < 1.29 is 0 Å². The van der Waals surface area contributed by atoms with Gasteiger partial charge >= 0.3 is 0 Å². The number of allylic oxidation sites excluding steroid dienone is 11. The van der Waals surface area contributed by atoms with Crippen molar-refractivity contribution in [2.24, 2.45) is 25.4 Å². The van der Waals surface area contributed by atoms with Crippen LogP contribution in [0.25, 0.3) is 16.7 Å². The SMILES string of the molecule is Cc1ccc(C2=C3C=C(c4ccc(I)cc4)C(=N3)C=C3N=C(C=C4C=C(c5ccc(C#C[Si](C)(C)C)cc5)C(=N4)C=C4C=CC2=N4)CC3(C)C)cc1. The number of benzene rings is 3. The van der Waals surface area contributed by atoms with Gasteiger partial charge in [-0.2, -0.15) is 0 Å². The number of aryl methyl sites for hydroxylation is 1. The fourth-order valence-corrected chi connectivity index (χ4v) is 7.66. The average molecular weight is 803 g/mol. The van der Waals surface area contributed by atoms with Crippen molar-refractivity contribution in [1.29, 1.82) is 0 Å². The minimum absolute atomic E-state index is 0.176. The van der Waals surface area contributed by atoms with E-state index in [0.717, 1.165) is 91.0 Å². The minimum atomic E-state index is -1.47. The molecule has 0 aromatic heterocycles. The summed E-state index contributed by atoms with van der Waals surface area (Å²) in [5, 5.41) is 0. The highest BCUT2D eigenvalue weighted by molar-refractivity contribution is 14.1. The lowest BCUT2D eigenvalue weighted by Gasteiger charge is -2.18. The molecule has 52 heavy (non-hydrogen) atoms. The molecule has 254 valence electrons. The van der Waals surface area contributed by atoms with Gasteiger partial charge in [0.2, 0.25) is 0 Å². The number of rotatable bonds is 3. The van der Waals surface area contributed by atoms with E-state index in [1.54, 1.807) is 0 Å². The van der Waals surface area contributed by atoms with Crippen molar-refractivity contribution in [1.82, 2.24) is 0 Å². The molecule has 0 fully saturated rings. The zero-order chi connectivity index (χ0) is 36.2. The standard InChI is InChI=1S/C46H39IN4Si/c1-29-7-11-33(12-8-29)45-40-20-19-35(48-40)25-41-38(31-13-9-30(10-14-31)21-22-52(4,5)6)24-36(49-41)23-37-28-46(2,3)44(50-37)27-42-39(26-43(45)51-42)32-15-17-34(47)18-16-32/h7-20,23-27H,28H2,1-6H3. The Morgan fingerprint density at radius 3 is 1.98 bits per heavy atom. The summed E-state index contributed by atoms with van der Waals surface area (Å²) in [4.78, 5) is 21.0. The summed E-state index contributed by atoms with van der Waals surface area (Å²) in [5.74, 6) is 3.39. The van der Waals surface area contributed by atoms with Gasteiger partial charge in [0.1, 0.15) is 8.07 Å². The highest BCUT2D eigenvalue weighted by atomic mass is 127. The van der Waals surface area contributed by atoms with Gasteiger partial charge in [-0.3, -0.25) is 4.99 Å². The fourth-order valence-electron chi connectivity index (χ4n) is 6.78. The molecule has 0 saturated carbocycles. The highest BCUT2D eigenvalue weighted by Crippen LogP contribution is 2.41. The second-order valence-electron chi connectivity index (χ2n) is 15.5. The maximum absolute atomic E-state index is 5.37. The van der Waals surface area contributed by atoms with Crippen molar-refractivity contribution >= 4 is 70.2 Å². The maximum Gasteiger partial charge on any atom is 0.129 e. The van der Waals surface area contributed by atoms with Crippen molar-refractivity contribution in [2.45, 2.75) is 46.8 Å². The summed E-state index contributed by atoms with van der Waals surface area (Å²) in [6.45, 7) is 13.4. The lowest BCUT2D eigenvalue weighted by molar-refractivity contribution is 0.485. The Kier molecular flexibility index (Phi) is 8.67. The van der Waals surface area contributed by atoms with E-state index in [2.05, 4.69) is 190 Å². The fraction of sp³-hybridized carbons (Fsp3) is 0.174. The van der Waals surface area contributed by atoms with Crippen LogP contribution in [0.5, 0.6) is 0 Å². The molecule has 5 aliphatic rings. The van der Waals surface area contributed by atoms with E-state index in [4.69, 9.17) is 20.0 Å². The molecule has 0 spiro atoms. The number of halogens is 1. The van der Waals surface area contributed by atoms with E-state index < -0.39 is 8.07 Å². The molecule has 6 heteroatoms. The van der Waals surface area contributed by atoms with Gasteiger partial charge in [-0.1, -0.05) is 93.5 Å². The maximum atomic E-state index is 5.37. The van der Waals surface area contributed by atoms with Crippen LogP contribution in [0.4, 0.5) is 0 Å². The van der Waals surface area contributed by atoms with Crippen LogP contribution in [-0.2, 0) is 0 Å². The third kappa shape index (κ3) is 7.08. The molecule has 0 saturated heterocycles. The van der Waals surface area contributed by atoms with E-state index in [0.29, 0.717) is 0 Å². The largest absolute Gasteiger partial charge is 0.257 e. The van der Waals surface area contributed by atoms with Crippen LogP contribution in [0.2, 0.25) is 19.6 Å². The summed E-state index contributed by atoms with van der Waals surface area (Å²) < 4.78 is 1.20. The van der Waals surface area contributed by atoms with Crippen molar-refractivity contribution in [3.63, 3.8) is 0 Å². The Hall–Kier alpha value is -4.97. The van der Waals surface area contributed by atoms with Gasteiger partial charge in [-0.25, -0.2) is 15.0 Å². The van der Waals surface area contributed by atoms with Crippen LogP contribution in [0.15, 0.2) is 158 Å². The molecule has 8 rings (SSSR count). The Morgan fingerprint density at radius 2 is 1.27 bits per heavy atom. The summed E-state index contributed by atoms with van der Waals surface area (Å²) >= 11 is 2.36. The molecule has 0 amide bonds. The van der Waals surface area contributed by atoms with Gasteiger partial charge in [0.05, 0.1) is 34.2 Å².